The van der Waals surface area contributed by atoms with Crippen LogP contribution in [0.5, 0.6) is 0 Å². The molecular formula is C14H23NO. The van der Waals surface area contributed by atoms with Crippen LogP contribution < -0.4 is 5.32 Å². The molecule has 0 spiro atoms. The van der Waals surface area contributed by atoms with Crippen molar-refractivity contribution in [1.82, 2.24) is 5.32 Å². The lowest BCUT2D eigenvalue weighted by Gasteiger charge is -2.16. The highest BCUT2D eigenvalue weighted by molar-refractivity contribution is 5.25. The van der Waals surface area contributed by atoms with Crippen LogP contribution in [0, 0.1) is 5.92 Å². The first-order valence-corrected chi connectivity index (χ1v) is 6.04. The van der Waals surface area contributed by atoms with Gasteiger partial charge in [-0.3, -0.25) is 0 Å². The zero-order valence-electron chi connectivity index (χ0n) is 10.5. The molecule has 2 nitrogen and oxygen atoms in total. The van der Waals surface area contributed by atoms with Gasteiger partial charge >= 0.3 is 0 Å². The second kappa shape index (κ2) is 6.66. The number of nitrogens with one attached hydrogen (secondary N) is 1. The Hall–Kier alpha value is -0.860. The van der Waals surface area contributed by atoms with Crippen LogP contribution >= 0.6 is 0 Å². The van der Waals surface area contributed by atoms with Gasteiger partial charge < -0.3 is 10.4 Å². The van der Waals surface area contributed by atoms with E-state index in [0.29, 0.717) is 5.92 Å². The standard InChI is InChI=1S/C14H23NO/c1-11(2)10-12-4-6-13(7-5-12)14(15-3)8-9-16/h4-7,11,14-16H,8-10H2,1-3H3. The SMILES string of the molecule is CNC(CCO)c1ccc(CC(C)C)cc1. The lowest BCUT2D eigenvalue weighted by atomic mass is 9.98. The molecule has 0 aliphatic carbocycles. The number of rotatable bonds is 6. The first kappa shape index (κ1) is 13.2. The zero-order valence-corrected chi connectivity index (χ0v) is 10.5. The summed E-state index contributed by atoms with van der Waals surface area (Å²) >= 11 is 0. The Morgan fingerprint density at radius 1 is 1.19 bits per heavy atom. The van der Waals surface area contributed by atoms with Crippen LogP contribution in [0.3, 0.4) is 0 Å². The van der Waals surface area contributed by atoms with E-state index in [1.165, 1.54) is 11.1 Å². The third kappa shape index (κ3) is 3.95. The first-order chi connectivity index (χ1) is 7.67. The summed E-state index contributed by atoms with van der Waals surface area (Å²) in [7, 11) is 1.93. The summed E-state index contributed by atoms with van der Waals surface area (Å²) in [5, 5.41) is 12.2. The summed E-state index contributed by atoms with van der Waals surface area (Å²) in [6.45, 7) is 4.69. The van der Waals surface area contributed by atoms with Crippen LogP contribution in [0.15, 0.2) is 24.3 Å². The van der Waals surface area contributed by atoms with Crippen molar-refractivity contribution in [2.75, 3.05) is 13.7 Å². The highest BCUT2D eigenvalue weighted by Crippen LogP contribution is 2.17. The Labute approximate surface area is 98.7 Å². The average molecular weight is 221 g/mol. The molecule has 1 aromatic rings. The van der Waals surface area contributed by atoms with Crippen LogP contribution in [0.4, 0.5) is 0 Å². The van der Waals surface area contributed by atoms with Gasteiger partial charge in [-0.1, -0.05) is 38.1 Å². The molecule has 1 aromatic carbocycles. The van der Waals surface area contributed by atoms with E-state index in [1.807, 2.05) is 7.05 Å². The molecule has 1 rings (SSSR count). The van der Waals surface area contributed by atoms with Crippen LogP contribution in [-0.2, 0) is 6.42 Å². The predicted molar refractivity (Wildman–Crippen MR) is 68.5 cm³/mol. The van der Waals surface area contributed by atoms with Crippen LogP contribution in [-0.4, -0.2) is 18.8 Å². The van der Waals surface area contributed by atoms with E-state index in [-0.39, 0.29) is 12.6 Å². The van der Waals surface area contributed by atoms with Gasteiger partial charge in [-0.25, -0.2) is 0 Å². The molecule has 0 saturated heterocycles. The van der Waals surface area contributed by atoms with E-state index in [2.05, 4.69) is 43.4 Å². The lowest BCUT2D eigenvalue weighted by Crippen LogP contribution is -2.17. The van der Waals surface area contributed by atoms with Crippen molar-refractivity contribution in [3.8, 4) is 0 Å². The molecule has 0 amide bonds. The Morgan fingerprint density at radius 3 is 2.25 bits per heavy atom. The second-order valence-electron chi connectivity index (χ2n) is 4.69. The van der Waals surface area contributed by atoms with Gasteiger partial charge in [0.05, 0.1) is 0 Å². The Bertz CT molecular complexity index is 292. The molecule has 0 aromatic heterocycles. The molecule has 1 unspecified atom stereocenters. The number of hydrogen-bond acceptors (Lipinski definition) is 2. The predicted octanol–water partition coefficient (Wildman–Crippen LogP) is 2.53. The van der Waals surface area contributed by atoms with E-state index in [4.69, 9.17) is 5.11 Å². The molecule has 0 saturated carbocycles. The third-order valence-corrected chi connectivity index (χ3v) is 2.79. The van der Waals surface area contributed by atoms with E-state index < -0.39 is 0 Å². The summed E-state index contributed by atoms with van der Waals surface area (Å²) in [6, 6.07) is 8.97. The fourth-order valence-electron chi connectivity index (χ4n) is 1.96. The van der Waals surface area contributed by atoms with Crippen molar-refractivity contribution in [2.45, 2.75) is 32.7 Å². The topological polar surface area (TPSA) is 32.3 Å². The average Bonchev–Trinajstić information content (AvgIpc) is 2.26. The smallest absolute Gasteiger partial charge is 0.0449 e. The van der Waals surface area contributed by atoms with Crippen molar-refractivity contribution in [1.29, 1.82) is 0 Å². The van der Waals surface area contributed by atoms with Gasteiger partial charge in [-0.05, 0) is 36.9 Å². The molecule has 0 aliphatic rings. The normalized spacial score (nSPS) is 13.1. The second-order valence-corrected chi connectivity index (χ2v) is 4.69. The fraction of sp³-hybridized carbons (Fsp3) is 0.571. The molecule has 0 heterocycles. The van der Waals surface area contributed by atoms with Gasteiger partial charge in [0.2, 0.25) is 0 Å². The van der Waals surface area contributed by atoms with Crippen molar-refractivity contribution < 1.29 is 5.11 Å². The maximum absolute atomic E-state index is 8.96. The Kier molecular flexibility index (Phi) is 5.50. The van der Waals surface area contributed by atoms with Gasteiger partial charge in [0, 0.05) is 12.6 Å². The summed E-state index contributed by atoms with van der Waals surface area (Å²) in [5.74, 6) is 0.698. The Balaban J connectivity index is 2.69. The summed E-state index contributed by atoms with van der Waals surface area (Å²) in [5.41, 5.74) is 2.64. The maximum Gasteiger partial charge on any atom is 0.0449 e. The van der Waals surface area contributed by atoms with Gasteiger partial charge in [-0.15, -0.1) is 0 Å². The molecule has 2 heteroatoms. The number of hydrogen-bond donors (Lipinski definition) is 2. The molecule has 0 aliphatic heterocycles. The van der Waals surface area contributed by atoms with Crippen molar-refractivity contribution >= 4 is 0 Å². The summed E-state index contributed by atoms with van der Waals surface area (Å²) < 4.78 is 0. The van der Waals surface area contributed by atoms with Gasteiger partial charge in [-0.2, -0.15) is 0 Å². The molecule has 1 atom stereocenters. The molecule has 0 fully saturated rings. The monoisotopic (exact) mass is 221 g/mol. The summed E-state index contributed by atoms with van der Waals surface area (Å²) in [6.07, 6.45) is 1.89. The van der Waals surface area contributed by atoms with E-state index in [1.54, 1.807) is 0 Å². The third-order valence-electron chi connectivity index (χ3n) is 2.79. The highest BCUT2D eigenvalue weighted by Gasteiger charge is 2.08. The van der Waals surface area contributed by atoms with Crippen LogP contribution in [0.2, 0.25) is 0 Å². The zero-order chi connectivity index (χ0) is 12.0. The van der Waals surface area contributed by atoms with Gasteiger partial charge in [0.15, 0.2) is 0 Å². The highest BCUT2D eigenvalue weighted by atomic mass is 16.3. The molecule has 16 heavy (non-hydrogen) atoms. The van der Waals surface area contributed by atoms with Crippen molar-refractivity contribution in [3.63, 3.8) is 0 Å². The number of aliphatic hydroxyl groups excluding tert-OH is 1. The van der Waals surface area contributed by atoms with E-state index >= 15 is 0 Å². The molecular weight excluding hydrogens is 198 g/mol. The molecule has 0 bridgehead atoms. The van der Waals surface area contributed by atoms with Crippen LogP contribution in [0.25, 0.3) is 0 Å². The van der Waals surface area contributed by atoms with Crippen LogP contribution in [0.1, 0.15) is 37.4 Å². The largest absolute Gasteiger partial charge is 0.396 e. The molecule has 90 valence electrons. The number of aliphatic hydroxyl groups is 1. The Morgan fingerprint density at radius 2 is 1.81 bits per heavy atom. The molecule has 0 radical (unpaired) electrons. The first-order valence-electron chi connectivity index (χ1n) is 6.04. The van der Waals surface area contributed by atoms with Gasteiger partial charge in [0.25, 0.3) is 0 Å². The lowest BCUT2D eigenvalue weighted by molar-refractivity contribution is 0.269. The summed E-state index contributed by atoms with van der Waals surface area (Å²) in [4.78, 5) is 0. The van der Waals surface area contributed by atoms with E-state index in [0.717, 1.165) is 12.8 Å². The quantitative estimate of drug-likeness (QED) is 0.773. The minimum atomic E-state index is 0.221. The van der Waals surface area contributed by atoms with Crippen molar-refractivity contribution in [3.05, 3.63) is 35.4 Å². The fourth-order valence-corrected chi connectivity index (χ4v) is 1.96. The minimum absolute atomic E-state index is 0.221. The number of benzene rings is 1. The molecule has 2 N–H and O–H groups in total. The minimum Gasteiger partial charge on any atom is -0.396 e. The maximum atomic E-state index is 8.96. The van der Waals surface area contributed by atoms with E-state index in [9.17, 15) is 0 Å². The van der Waals surface area contributed by atoms with Gasteiger partial charge in [0.1, 0.15) is 0 Å². The van der Waals surface area contributed by atoms with Crippen molar-refractivity contribution in [2.24, 2.45) is 5.92 Å².